The van der Waals surface area contributed by atoms with E-state index in [1.165, 1.54) is 6.07 Å². The van der Waals surface area contributed by atoms with Crippen molar-refractivity contribution in [2.75, 3.05) is 19.7 Å². The Bertz CT molecular complexity index is 1110. The molecule has 0 fully saturated rings. The van der Waals surface area contributed by atoms with Gasteiger partial charge in [0.2, 0.25) is 11.9 Å². The van der Waals surface area contributed by atoms with E-state index in [0.717, 1.165) is 5.56 Å². The second-order valence-electron chi connectivity index (χ2n) is 7.43. The maximum absolute atomic E-state index is 12.7. The first-order valence-corrected chi connectivity index (χ1v) is 10.00. The summed E-state index contributed by atoms with van der Waals surface area (Å²) in [4.78, 5) is 25.2. The van der Waals surface area contributed by atoms with Crippen LogP contribution in [0.5, 0.6) is 11.5 Å². The second-order valence-corrected chi connectivity index (χ2v) is 7.43. The Kier molecular flexibility index (Phi) is 5.72. The van der Waals surface area contributed by atoms with Gasteiger partial charge in [0.25, 0.3) is 5.91 Å². The van der Waals surface area contributed by atoms with Gasteiger partial charge in [0.15, 0.2) is 16.8 Å². The van der Waals surface area contributed by atoms with E-state index in [0.29, 0.717) is 36.0 Å². The van der Waals surface area contributed by atoms with E-state index < -0.39 is 6.10 Å². The third kappa shape index (κ3) is 4.16. The largest absolute Gasteiger partial charge is 0.485 e. The normalized spacial score (nSPS) is 15.4. The number of rotatable bonds is 6. The summed E-state index contributed by atoms with van der Waals surface area (Å²) in [5.41, 5.74) is 0.864. The van der Waals surface area contributed by atoms with Crippen LogP contribution < -0.4 is 25.5 Å². The van der Waals surface area contributed by atoms with Gasteiger partial charge in [-0.15, -0.1) is 0 Å². The van der Waals surface area contributed by atoms with Gasteiger partial charge in [0, 0.05) is 30.8 Å². The van der Waals surface area contributed by atoms with Crippen LogP contribution in [0.2, 0.25) is 0 Å². The standard InChI is InChI=1S/C23H24N2O5/c1-14(2)24-10-11-25-23(27)20-13-28-18-9-8-16-17(26)12-19(15-6-4-3-5-7-15)29-21(16)22(18)30-20/h3-9,12,14,20,24H,10-11,13H2,1-2H3,(H,25,27). The van der Waals surface area contributed by atoms with E-state index in [9.17, 15) is 9.59 Å². The molecule has 0 bridgehead atoms. The number of hydrogen-bond donors (Lipinski definition) is 2. The van der Waals surface area contributed by atoms with E-state index in [4.69, 9.17) is 13.9 Å². The van der Waals surface area contributed by atoms with Crippen molar-refractivity contribution in [3.05, 3.63) is 58.8 Å². The van der Waals surface area contributed by atoms with E-state index in [1.807, 2.05) is 44.2 Å². The van der Waals surface area contributed by atoms with Gasteiger partial charge in [-0.25, -0.2) is 0 Å². The molecule has 2 aromatic carbocycles. The van der Waals surface area contributed by atoms with Gasteiger partial charge in [-0.2, -0.15) is 0 Å². The van der Waals surface area contributed by atoms with Crippen molar-refractivity contribution in [1.29, 1.82) is 0 Å². The van der Waals surface area contributed by atoms with Crippen molar-refractivity contribution < 1.29 is 18.7 Å². The van der Waals surface area contributed by atoms with Gasteiger partial charge in [-0.1, -0.05) is 44.2 Å². The average Bonchev–Trinajstić information content (AvgIpc) is 2.76. The lowest BCUT2D eigenvalue weighted by atomic mass is 10.1. The highest BCUT2D eigenvalue weighted by molar-refractivity contribution is 5.88. The molecule has 1 amide bonds. The van der Waals surface area contributed by atoms with Crippen molar-refractivity contribution in [1.82, 2.24) is 10.6 Å². The number of carbonyl (C=O) groups is 1. The molecule has 1 aliphatic rings. The molecule has 0 spiro atoms. The molecule has 2 N–H and O–H groups in total. The molecule has 0 radical (unpaired) electrons. The molecule has 1 aliphatic heterocycles. The molecule has 1 aromatic heterocycles. The molecular weight excluding hydrogens is 384 g/mol. The number of nitrogens with one attached hydrogen (secondary N) is 2. The smallest absolute Gasteiger partial charge is 0.264 e. The zero-order valence-corrected chi connectivity index (χ0v) is 16.9. The van der Waals surface area contributed by atoms with E-state index in [-0.39, 0.29) is 29.3 Å². The highest BCUT2D eigenvalue weighted by Gasteiger charge is 2.30. The lowest BCUT2D eigenvalue weighted by molar-refractivity contribution is -0.130. The molecule has 30 heavy (non-hydrogen) atoms. The van der Waals surface area contributed by atoms with Crippen LogP contribution in [0.3, 0.4) is 0 Å². The fourth-order valence-corrected chi connectivity index (χ4v) is 3.28. The molecule has 1 unspecified atom stereocenters. The molecular formula is C23H24N2O5. The molecule has 0 aliphatic carbocycles. The molecule has 0 saturated heterocycles. The molecule has 0 saturated carbocycles. The highest BCUT2D eigenvalue weighted by atomic mass is 16.6. The number of ether oxygens (including phenoxy) is 2. The number of amides is 1. The maximum Gasteiger partial charge on any atom is 0.264 e. The summed E-state index contributed by atoms with van der Waals surface area (Å²) in [7, 11) is 0. The highest BCUT2D eigenvalue weighted by Crippen LogP contribution is 2.39. The van der Waals surface area contributed by atoms with Crippen LogP contribution in [0, 0.1) is 0 Å². The van der Waals surface area contributed by atoms with Crippen LogP contribution in [0.15, 0.2) is 57.7 Å². The summed E-state index contributed by atoms with van der Waals surface area (Å²) >= 11 is 0. The maximum atomic E-state index is 12.7. The van der Waals surface area contributed by atoms with Gasteiger partial charge in [0.1, 0.15) is 12.4 Å². The minimum Gasteiger partial charge on any atom is -0.485 e. The van der Waals surface area contributed by atoms with E-state index in [2.05, 4.69) is 10.6 Å². The van der Waals surface area contributed by atoms with E-state index in [1.54, 1.807) is 12.1 Å². The summed E-state index contributed by atoms with van der Waals surface area (Å²) in [6, 6.07) is 14.5. The van der Waals surface area contributed by atoms with Crippen molar-refractivity contribution in [2.24, 2.45) is 0 Å². The third-order valence-electron chi connectivity index (χ3n) is 4.79. The van der Waals surface area contributed by atoms with Crippen LogP contribution in [0.1, 0.15) is 13.8 Å². The molecule has 156 valence electrons. The van der Waals surface area contributed by atoms with Crippen molar-refractivity contribution in [3.8, 4) is 22.8 Å². The van der Waals surface area contributed by atoms with Gasteiger partial charge < -0.3 is 24.5 Å². The zero-order chi connectivity index (χ0) is 21.1. The molecule has 3 aromatic rings. The average molecular weight is 408 g/mol. The Morgan fingerprint density at radius 2 is 1.93 bits per heavy atom. The van der Waals surface area contributed by atoms with Crippen LogP contribution in [0.4, 0.5) is 0 Å². The minimum atomic E-state index is -0.826. The molecule has 4 rings (SSSR count). The lowest BCUT2D eigenvalue weighted by Crippen LogP contribution is -2.46. The first-order valence-electron chi connectivity index (χ1n) is 10.00. The summed E-state index contributed by atoms with van der Waals surface area (Å²) in [5, 5.41) is 6.45. The molecule has 1 atom stereocenters. The first kappa shape index (κ1) is 20.0. The Morgan fingerprint density at radius 3 is 2.70 bits per heavy atom. The summed E-state index contributed by atoms with van der Waals surface area (Å²) in [5.74, 6) is 0.872. The Labute approximate surface area is 174 Å². The summed E-state index contributed by atoms with van der Waals surface area (Å²) < 4.78 is 17.7. The first-order chi connectivity index (χ1) is 14.5. The number of carbonyl (C=O) groups excluding carboxylic acids is 1. The summed E-state index contributed by atoms with van der Waals surface area (Å²) in [6.07, 6.45) is -0.826. The minimum absolute atomic E-state index is 0.0879. The van der Waals surface area contributed by atoms with Gasteiger partial charge >= 0.3 is 0 Å². The van der Waals surface area contributed by atoms with Crippen molar-refractivity contribution >= 4 is 16.9 Å². The van der Waals surface area contributed by atoms with Gasteiger partial charge in [-0.05, 0) is 12.1 Å². The molecule has 2 heterocycles. The van der Waals surface area contributed by atoms with Crippen LogP contribution in [-0.4, -0.2) is 37.7 Å². The Morgan fingerprint density at radius 1 is 1.13 bits per heavy atom. The fraction of sp³-hybridized carbons (Fsp3) is 0.304. The molecule has 7 nitrogen and oxygen atoms in total. The second kappa shape index (κ2) is 8.59. The lowest BCUT2D eigenvalue weighted by Gasteiger charge is -2.26. The van der Waals surface area contributed by atoms with Gasteiger partial charge in [0.05, 0.1) is 5.39 Å². The third-order valence-corrected chi connectivity index (χ3v) is 4.79. The monoisotopic (exact) mass is 408 g/mol. The van der Waals surface area contributed by atoms with Crippen molar-refractivity contribution in [3.63, 3.8) is 0 Å². The summed E-state index contributed by atoms with van der Waals surface area (Å²) in [6.45, 7) is 5.31. The fourth-order valence-electron chi connectivity index (χ4n) is 3.28. The topological polar surface area (TPSA) is 89.8 Å². The van der Waals surface area contributed by atoms with Gasteiger partial charge in [-0.3, -0.25) is 9.59 Å². The number of benzene rings is 2. The van der Waals surface area contributed by atoms with Crippen LogP contribution in [-0.2, 0) is 4.79 Å². The number of fused-ring (bicyclic) bond motifs is 3. The molecule has 7 heteroatoms. The zero-order valence-electron chi connectivity index (χ0n) is 16.9. The van der Waals surface area contributed by atoms with Crippen molar-refractivity contribution in [2.45, 2.75) is 26.0 Å². The number of hydrogen-bond acceptors (Lipinski definition) is 6. The predicted molar refractivity (Wildman–Crippen MR) is 114 cm³/mol. The van der Waals surface area contributed by atoms with E-state index >= 15 is 0 Å². The SMILES string of the molecule is CC(C)NCCNC(=O)C1COc2ccc3c(=O)cc(-c4ccccc4)oc3c2O1. The Balaban J connectivity index is 1.61. The predicted octanol–water partition coefficient (Wildman–Crippen LogP) is 2.71. The Hall–Kier alpha value is -3.32. The van der Waals surface area contributed by atoms with Crippen LogP contribution in [0.25, 0.3) is 22.3 Å². The van der Waals surface area contributed by atoms with Crippen LogP contribution >= 0.6 is 0 Å². The quantitative estimate of drug-likeness (QED) is 0.610.